The lowest BCUT2D eigenvalue weighted by atomic mass is 10.2. The zero-order chi connectivity index (χ0) is 17.0. The standard InChI is InChI=1S/C15H17N5O3/c1-11-13(20(22)23)14(21)19(9-12-7-5-4-6-8-12)15(17-11)16-10-18(2)3/h4-8,10H,9H2,1-3H3. The third kappa shape index (κ3) is 3.79. The molecule has 8 nitrogen and oxygen atoms in total. The molecule has 1 aromatic carbocycles. The molecule has 2 aromatic rings. The van der Waals surface area contributed by atoms with Crippen LogP contribution in [0.15, 0.2) is 40.1 Å². The summed E-state index contributed by atoms with van der Waals surface area (Å²) in [6.45, 7) is 1.59. The summed E-state index contributed by atoms with van der Waals surface area (Å²) in [5.41, 5.74) is -0.354. The molecule has 23 heavy (non-hydrogen) atoms. The first-order valence-corrected chi connectivity index (χ1v) is 6.90. The molecule has 0 fully saturated rings. The van der Waals surface area contributed by atoms with Crippen LogP contribution in [0.4, 0.5) is 11.6 Å². The second kappa shape index (κ2) is 6.82. The predicted molar refractivity (Wildman–Crippen MR) is 87.3 cm³/mol. The predicted octanol–water partition coefficient (Wildman–Crippen LogP) is 1.73. The Morgan fingerprint density at radius 1 is 1.35 bits per heavy atom. The van der Waals surface area contributed by atoms with E-state index in [1.165, 1.54) is 17.8 Å². The average molecular weight is 315 g/mol. The zero-order valence-corrected chi connectivity index (χ0v) is 13.1. The molecule has 0 atom stereocenters. The monoisotopic (exact) mass is 315 g/mol. The molecule has 120 valence electrons. The van der Waals surface area contributed by atoms with Gasteiger partial charge in [0.1, 0.15) is 5.69 Å². The molecular weight excluding hydrogens is 298 g/mol. The van der Waals surface area contributed by atoms with E-state index in [2.05, 4.69) is 9.98 Å². The van der Waals surface area contributed by atoms with Gasteiger partial charge in [-0.2, -0.15) is 0 Å². The molecule has 0 spiro atoms. The van der Waals surface area contributed by atoms with Gasteiger partial charge in [0.15, 0.2) is 0 Å². The normalized spacial score (nSPS) is 10.9. The summed E-state index contributed by atoms with van der Waals surface area (Å²) in [6, 6.07) is 9.18. The number of benzene rings is 1. The molecule has 8 heteroatoms. The van der Waals surface area contributed by atoms with Crippen LogP contribution in [0.5, 0.6) is 0 Å². The summed E-state index contributed by atoms with van der Waals surface area (Å²) in [4.78, 5) is 32.9. The minimum absolute atomic E-state index is 0.0511. The molecule has 0 saturated heterocycles. The summed E-state index contributed by atoms with van der Waals surface area (Å²) in [5, 5.41) is 11.1. The molecule has 1 aromatic heterocycles. The van der Waals surface area contributed by atoms with Crippen LogP contribution < -0.4 is 5.56 Å². The molecule has 0 amide bonds. The highest BCUT2D eigenvalue weighted by molar-refractivity contribution is 5.58. The molecule has 0 aliphatic carbocycles. The zero-order valence-electron chi connectivity index (χ0n) is 13.1. The number of aromatic nitrogens is 2. The van der Waals surface area contributed by atoms with Crippen molar-refractivity contribution in [3.8, 4) is 0 Å². The Kier molecular flexibility index (Phi) is 4.85. The van der Waals surface area contributed by atoms with Gasteiger partial charge in [0.2, 0.25) is 5.95 Å². The maximum atomic E-state index is 12.5. The van der Waals surface area contributed by atoms with Crippen LogP contribution in [0, 0.1) is 17.0 Å². The van der Waals surface area contributed by atoms with Gasteiger partial charge in [-0.3, -0.25) is 19.5 Å². The van der Waals surface area contributed by atoms with Gasteiger partial charge < -0.3 is 4.90 Å². The maximum Gasteiger partial charge on any atom is 0.355 e. The summed E-state index contributed by atoms with van der Waals surface area (Å²) >= 11 is 0. The lowest BCUT2D eigenvalue weighted by Crippen LogP contribution is -2.26. The van der Waals surface area contributed by atoms with Crippen LogP contribution in [0.1, 0.15) is 11.3 Å². The number of nitrogens with zero attached hydrogens (tertiary/aromatic N) is 5. The number of aliphatic imine (C=N–C) groups is 1. The fraction of sp³-hybridized carbons (Fsp3) is 0.267. The second-order valence-corrected chi connectivity index (χ2v) is 5.19. The van der Waals surface area contributed by atoms with Gasteiger partial charge in [-0.05, 0) is 12.5 Å². The Morgan fingerprint density at radius 2 is 2.00 bits per heavy atom. The third-order valence-electron chi connectivity index (χ3n) is 3.07. The first-order valence-electron chi connectivity index (χ1n) is 6.90. The number of hydrogen-bond acceptors (Lipinski definition) is 5. The SMILES string of the molecule is Cc1nc(N=CN(C)C)n(Cc2ccccc2)c(=O)c1[N+](=O)[O-]. The van der Waals surface area contributed by atoms with Gasteiger partial charge in [-0.25, -0.2) is 9.98 Å². The maximum absolute atomic E-state index is 12.5. The van der Waals surface area contributed by atoms with E-state index in [4.69, 9.17) is 0 Å². The highest BCUT2D eigenvalue weighted by Gasteiger charge is 2.23. The van der Waals surface area contributed by atoms with Crippen molar-refractivity contribution in [3.63, 3.8) is 0 Å². The molecule has 0 aliphatic heterocycles. The molecule has 0 bridgehead atoms. The van der Waals surface area contributed by atoms with Gasteiger partial charge in [-0.1, -0.05) is 30.3 Å². The van der Waals surface area contributed by atoms with Crippen molar-refractivity contribution in [2.45, 2.75) is 13.5 Å². The Balaban J connectivity index is 2.61. The largest absolute Gasteiger partial charge is 0.369 e. The summed E-state index contributed by atoms with van der Waals surface area (Å²) in [6.07, 6.45) is 1.49. The fourth-order valence-electron chi connectivity index (χ4n) is 2.02. The Hall–Kier alpha value is -3.03. The number of nitro groups is 1. The first kappa shape index (κ1) is 16.3. The van der Waals surface area contributed by atoms with E-state index in [0.717, 1.165) is 5.56 Å². The van der Waals surface area contributed by atoms with Crippen LogP contribution in [-0.4, -0.2) is 39.8 Å². The van der Waals surface area contributed by atoms with Crippen LogP contribution in [-0.2, 0) is 6.54 Å². The van der Waals surface area contributed by atoms with Crippen molar-refractivity contribution in [2.24, 2.45) is 4.99 Å². The minimum Gasteiger partial charge on any atom is -0.369 e. The smallest absolute Gasteiger partial charge is 0.355 e. The Bertz CT molecular complexity index is 797. The number of aryl methyl sites for hydroxylation is 1. The first-order chi connectivity index (χ1) is 10.9. The van der Waals surface area contributed by atoms with E-state index in [0.29, 0.717) is 0 Å². The molecule has 0 aliphatic rings. The topological polar surface area (TPSA) is 93.6 Å². The summed E-state index contributed by atoms with van der Waals surface area (Å²) in [7, 11) is 3.56. The van der Waals surface area contributed by atoms with E-state index >= 15 is 0 Å². The lowest BCUT2D eigenvalue weighted by molar-refractivity contribution is -0.387. The highest BCUT2D eigenvalue weighted by Crippen LogP contribution is 2.16. The van der Waals surface area contributed by atoms with Gasteiger partial charge in [0.25, 0.3) is 0 Å². The van der Waals surface area contributed by atoms with Gasteiger partial charge >= 0.3 is 11.2 Å². The highest BCUT2D eigenvalue weighted by atomic mass is 16.6. The van der Waals surface area contributed by atoms with Crippen LogP contribution in [0.2, 0.25) is 0 Å². The summed E-state index contributed by atoms with van der Waals surface area (Å²) < 4.78 is 1.21. The van der Waals surface area contributed by atoms with E-state index in [9.17, 15) is 14.9 Å². The quantitative estimate of drug-likeness (QED) is 0.362. The van der Waals surface area contributed by atoms with E-state index < -0.39 is 16.2 Å². The van der Waals surface area contributed by atoms with Crippen LogP contribution in [0.3, 0.4) is 0 Å². The van der Waals surface area contributed by atoms with E-state index in [1.54, 1.807) is 19.0 Å². The number of hydrogen-bond donors (Lipinski definition) is 0. The molecule has 0 unspecified atom stereocenters. The molecular formula is C15H17N5O3. The van der Waals surface area contributed by atoms with Crippen molar-refractivity contribution < 1.29 is 4.92 Å². The van der Waals surface area contributed by atoms with Crippen LogP contribution >= 0.6 is 0 Å². The fourth-order valence-corrected chi connectivity index (χ4v) is 2.02. The van der Waals surface area contributed by atoms with Crippen LogP contribution in [0.25, 0.3) is 0 Å². The van der Waals surface area contributed by atoms with Crippen molar-refractivity contribution >= 4 is 18.0 Å². The second-order valence-electron chi connectivity index (χ2n) is 5.19. The van der Waals surface area contributed by atoms with Crippen molar-refractivity contribution in [3.05, 3.63) is 62.1 Å². The molecule has 2 rings (SSSR count). The van der Waals surface area contributed by atoms with Gasteiger partial charge in [0.05, 0.1) is 17.8 Å². The minimum atomic E-state index is -0.711. The number of rotatable bonds is 5. The lowest BCUT2D eigenvalue weighted by Gasteiger charge is -2.11. The molecule has 0 saturated carbocycles. The van der Waals surface area contributed by atoms with Crippen molar-refractivity contribution in [2.75, 3.05) is 14.1 Å². The van der Waals surface area contributed by atoms with Crippen molar-refractivity contribution in [1.29, 1.82) is 0 Å². The van der Waals surface area contributed by atoms with E-state index in [1.807, 2.05) is 30.3 Å². The van der Waals surface area contributed by atoms with Gasteiger partial charge in [0, 0.05) is 14.1 Å². The van der Waals surface area contributed by atoms with E-state index in [-0.39, 0.29) is 18.2 Å². The summed E-state index contributed by atoms with van der Waals surface area (Å²) in [5.74, 6) is 0.135. The molecule has 1 heterocycles. The third-order valence-corrected chi connectivity index (χ3v) is 3.07. The Morgan fingerprint density at radius 3 is 2.57 bits per heavy atom. The average Bonchev–Trinajstić information content (AvgIpc) is 2.49. The Labute approximate surface area is 132 Å². The van der Waals surface area contributed by atoms with Crippen molar-refractivity contribution in [1.82, 2.24) is 14.5 Å². The van der Waals surface area contributed by atoms with Gasteiger partial charge in [-0.15, -0.1) is 0 Å². The molecule has 0 radical (unpaired) electrons. The molecule has 0 N–H and O–H groups in total.